The van der Waals surface area contributed by atoms with Crippen LogP contribution in [0.3, 0.4) is 0 Å². The number of esters is 1. The number of amides is 1. The minimum Gasteiger partial charge on any atom is -0.462 e. The molecule has 2 aromatic rings. The van der Waals surface area contributed by atoms with Gasteiger partial charge in [0, 0.05) is 0 Å². The van der Waals surface area contributed by atoms with Crippen molar-refractivity contribution in [2.24, 2.45) is 0 Å². The van der Waals surface area contributed by atoms with Crippen LogP contribution in [0.15, 0.2) is 35.4 Å². The predicted molar refractivity (Wildman–Crippen MR) is 90.7 cm³/mol. The van der Waals surface area contributed by atoms with Crippen molar-refractivity contribution in [2.45, 2.75) is 11.9 Å². The minimum atomic E-state index is -0.538. The van der Waals surface area contributed by atoms with Gasteiger partial charge in [0.25, 0.3) is 0 Å². The minimum absolute atomic E-state index is 0.224. The van der Waals surface area contributed by atoms with E-state index in [4.69, 9.17) is 16.3 Å². The van der Waals surface area contributed by atoms with Crippen LogP contribution in [-0.4, -0.2) is 40.4 Å². The van der Waals surface area contributed by atoms with Crippen molar-refractivity contribution in [1.29, 1.82) is 0 Å². The molecule has 0 aliphatic heterocycles. The molecule has 23 heavy (non-hydrogen) atoms. The molecule has 1 N–H and O–H groups in total. The molecule has 8 heteroatoms. The van der Waals surface area contributed by atoms with Gasteiger partial charge in [0.2, 0.25) is 5.91 Å². The van der Waals surface area contributed by atoms with Crippen molar-refractivity contribution < 1.29 is 14.3 Å². The Morgan fingerprint density at radius 3 is 2.61 bits per heavy atom. The van der Waals surface area contributed by atoms with E-state index < -0.39 is 11.9 Å². The van der Waals surface area contributed by atoms with Gasteiger partial charge in [0.15, 0.2) is 5.82 Å². The van der Waals surface area contributed by atoms with Gasteiger partial charge in [0.05, 0.1) is 12.3 Å². The van der Waals surface area contributed by atoms with Crippen LogP contribution < -0.4 is 5.32 Å². The van der Waals surface area contributed by atoms with E-state index >= 15 is 0 Å². The first kappa shape index (κ1) is 17.4. The number of carbonyl (C=O) groups is 2. The molecular formula is C15H16ClN3O3S. The van der Waals surface area contributed by atoms with Crippen LogP contribution in [0.1, 0.15) is 17.3 Å². The quantitative estimate of drug-likeness (QED) is 0.491. The van der Waals surface area contributed by atoms with E-state index in [0.29, 0.717) is 10.7 Å². The number of para-hydroxylation sites is 1. The third-order valence-electron chi connectivity index (χ3n) is 2.91. The number of thioether (sulfide) groups is 1. The SMILES string of the molecule is CCOC(=O)c1c(SC)nn(-c2ccccc2)c1NC(=O)CCl. The summed E-state index contributed by atoms with van der Waals surface area (Å²) in [6, 6.07) is 9.19. The fourth-order valence-corrected chi connectivity index (χ4v) is 2.58. The maximum absolute atomic E-state index is 12.3. The van der Waals surface area contributed by atoms with Gasteiger partial charge in [-0.25, -0.2) is 9.48 Å². The lowest BCUT2D eigenvalue weighted by Gasteiger charge is -2.10. The number of benzene rings is 1. The highest BCUT2D eigenvalue weighted by Gasteiger charge is 2.26. The monoisotopic (exact) mass is 353 g/mol. The van der Waals surface area contributed by atoms with Crippen LogP contribution >= 0.6 is 23.4 Å². The Bertz CT molecular complexity index is 703. The molecule has 0 saturated carbocycles. The smallest absolute Gasteiger partial charge is 0.344 e. The average molecular weight is 354 g/mol. The summed E-state index contributed by atoms with van der Waals surface area (Å²) >= 11 is 6.87. The van der Waals surface area contributed by atoms with E-state index in [1.165, 1.54) is 16.4 Å². The Balaban J connectivity index is 2.61. The summed E-state index contributed by atoms with van der Waals surface area (Å²) in [4.78, 5) is 24.0. The molecule has 0 aliphatic carbocycles. The maximum Gasteiger partial charge on any atom is 0.344 e. The Morgan fingerprint density at radius 1 is 1.35 bits per heavy atom. The Morgan fingerprint density at radius 2 is 2.04 bits per heavy atom. The predicted octanol–water partition coefficient (Wildman–Crippen LogP) is 2.95. The summed E-state index contributed by atoms with van der Waals surface area (Å²) in [5.74, 6) is -0.938. The topological polar surface area (TPSA) is 73.2 Å². The Labute approximate surface area is 143 Å². The fraction of sp³-hybridized carbons (Fsp3) is 0.267. The molecule has 0 radical (unpaired) electrons. The first-order valence-electron chi connectivity index (χ1n) is 6.87. The molecule has 0 unspecified atom stereocenters. The largest absolute Gasteiger partial charge is 0.462 e. The van der Waals surface area contributed by atoms with Gasteiger partial charge in [-0.3, -0.25) is 4.79 Å². The molecule has 0 saturated heterocycles. The van der Waals surface area contributed by atoms with Crippen LogP contribution in [0.2, 0.25) is 0 Å². The molecule has 0 aliphatic rings. The third kappa shape index (κ3) is 3.86. The average Bonchev–Trinajstić information content (AvgIpc) is 2.94. The molecule has 2 rings (SSSR count). The fourth-order valence-electron chi connectivity index (χ4n) is 1.97. The Hall–Kier alpha value is -1.99. The first-order chi connectivity index (χ1) is 11.1. The standard InChI is InChI=1S/C15H16ClN3O3S/c1-3-22-15(21)12-13(17-11(20)9-16)19(18-14(12)23-2)10-7-5-4-6-8-10/h4-8H,3,9H2,1-2H3,(H,17,20). The lowest BCUT2D eigenvalue weighted by molar-refractivity contribution is -0.114. The number of nitrogens with one attached hydrogen (secondary N) is 1. The summed E-state index contributed by atoms with van der Waals surface area (Å²) in [5.41, 5.74) is 0.935. The van der Waals surface area contributed by atoms with Crippen LogP contribution in [0.5, 0.6) is 0 Å². The molecule has 0 bridgehead atoms. The number of rotatable bonds is 6. The van der Waals surface area contributed by atoms with Crippen molar-refractivity contribution in [1.82, 2.24) is 9.78 Å². The third-order valence-corrected chi connectivity index (χ3v) is 3.82. The number of hydrogen-bond donors (Lipinski definition) is 1. The van der Waals surface area contributed by atoms with Gasteiger partial charge in [-0.1, -0.05) is 18.2 Å². The van der Waals surface area contributed by atoms with Crippen molar-refractivity contribution in [3.8, 4) is 5.69 Å². The number of anilines is 1. The summed E-state index contributed by atoms with van der Waals surface area (Å²) in [5, 5.41) is 7.52. The molecule has 0 fully saturated rings. The van der Waals surface area contributed by atoms with Crippen LogP contribution in [0, 0.1) is 0 Å². The van der Waals surface area contributed by atoms with Gasteiger partial charge in [-0.15, -0.1) is 23.4 Å². The van der Waals surface area contributed by atoms with Gasteiger partial charge in [0.1, 0.15) is 16.5 Å². The van der Waals surface area contributed by atoms with E-state index in [9.17, 15) is 9.59 Å². The van der Waals surface area contributed by atoms with E-state index in [1.54, 1.807) is 13.2 Å². The zero-order valence-corrected chi connectivity index (χ0v) is 14.3. The van der Waals surface area contributed by atoms with E-state index in [1.807, 2.05) is 30.3 Å². The molecule has 0 atom stereocenters. The molecule has 0 spiro atoms. The Kier molecular flexibility index (Phi) is 6.06. The first-order valence-corrected chi connectivity index (χ1v) is 8.63. The van der Waals surface area contributed by atoms with Gasteiger partial charge < -0.3 is 10.1 Å². The van der Waals surface area contributed by atoms with Gasteiger partial charge in [-0.05, 0) is 25.3 Å². The van der Waals surface area contributed by atoms with Crippen LogP contribution in [-0.2, 0) is 9.53 Å². The second kappa shape index (κ2) is 8.03. The lowest BCUT2D eigenvalue weighted by atomic mass is 10.3. The number of carbonyl (C=O) groups excluding carboxylic acids is 2. The molecule has 1 heterocycles. The summed E-state index contributed by atoms with van der Waals surface area (Å²) in [6.07, 6.45) is 1.80. The number of hydrogen-bond acceptors (Lipinski definition) is 5. The molecule has 122 valence electrons. The van der Waals surface area contributed by atoms with Gasteiger partial charge in [-0.2, -0.15) is 5.10 Å². The maximum atomic E-state index is 12.3. The number of nitrogens with zero attached hydrogens (tertiary/aromatic N) is 2. The molecular weight excluding hydrogens is 338 g/mol. The van der Waals surface area contributed by atoms with Crippen molar-refractivity contribution in [2.75, 3.05) is 24.1 Å². The zero-order valence-electron chi connectivity index (χ0n) is 12.7. The van der Waals surface area contributed by atoms with Crippen LogP contribution in [0.25, 0.3) is 5.69 Å². The second-order valence-electron chi connectivity index (χ2n) is 4.38. The van der Waals surface area contributed by atoms with Crippen molar-refractivity contribution in [3.05, 3.63) is 35.9 Å². The van der Waals surface area contributed by atoms with Crippen molar-refractivity contribution in [3.63, 3.8) is 0 Å². The highest BCUT2D eigenvalue weighted by Crippen LogP contribution is 2.30. The highest BCUT2D eigenvalue weighted by atomic mass is 35.5. The number of alkyl halides is 1. The van der Waals surface area contributed by atoms with E-state index in [-0.39, 0.29) is 23.9 Å². The van der Waals surface area contributed by atoms with E-state index in [2.05, 4.69) is 10.4 Å². The zero-order chi connectivity index (χ0) is 16.8. The number of halogens is 1. The lowest BCUT2D eigenvalue weighted by Crippen LogP contribution is -2.18. The van der Waals surface area contributed by atoms with Crippen LogP contribution in [0.4, 0.5) is 5.82 Å². The normalized spacial score (nSPS) is 10.4. The summed E-state index contributed by atoms with van der Waals surface area (Å²) in [7, 11) is 0. The number of ether oxygens (including phenoxy) is 1. The molecule has 6 nitrogen and oxygen atoms in total. The van der Waals surface area contributed by atoms with Gasteiger partial charge >= 0.3 is 5.97 Å². The highest BCUT2D eigenvalue weighted by molar-refractivity contribution is 7.98. The molecule has 1 amide bonds. The van der Waals surface area contributed by atoms with Crippen molar-refractivity contribution >= 4 is 41.1 Å². The summed E-state index contributed by atoms with van der Waals surface area (Å²) < 4.78 is 6.59. The number of aromatic nitrogens is 2. The second-order valence-corrected chi connectivity index (χ2v) is 5.44. The molecule has 1 aromatic heterocycles. The molecule has 1 aromatic carbocycles. The van der Waals surface area contributed by atoms with E-state index in [0.717, 1.165) is 0 Å². The summed E-state index contributed by atoms with van der Waals surface area (Å²) in [6.45, 7) is 1.95.